The summed E-state index contributed by atoms with van der Waals surface area (Å²) in [5.41, 5.74) is 9.72. The molecule has 0 spiro atoms. The first-order chi connectivity index (χ1) is 16.2. The summed E-state index contributed by atoms with van der Waals surface area (Å²) in [4.78, 5) is 14.2. The Morgan fingerprint density at radius 1 is 0.818 bits per heavy atom. The average molecular weight is 433 g/mol. The first-order valence-corrected chi connectivity index (χ1v) is 11.8. The number of hydrogen-bond donors (Lipinski definition) is 0. The van der Waals surface area contributed by atoms with Gasteiger partial charge in [0, 0.05) is 68.1 Å². The van der Waals surface area contributed by atoms with Crippen LogP contribution in [-0.4, -0.2) is 53.0 Å². The lowest BCUT2D eigenvalue weighted by Gasteiger charge is -2.32. The molecule has 3 heterocycles. The first-order valence-electron chi connectivity index (χ1n) is 11.8. The van der Waals surface area contributed by atoms with E-state index >= 15 is 0 Å². The van der Waals surface area contributed by atoms with Crippen molar-refractivity contribution in [2.75, 3.05) is 33.2 Å². The topological polar surface area (TPSA) is 32.3 Å². The molecule has 164 valence electrons. The Hall–Kier alpha value is -3.34. The van der Waals surface area contributed by atoms with Gasteiger partial charge in [-0.2, -0.15) is 0 Å². The van der Waals surface area contributed by atoms with Gasteiger partial charge in [-0.05, 0) is 53.6 Å². The van der Waals surface area contributed by atoms with Gasteiger partial charge in [-0.25, -0.2) is 0 Å². The fourth-order valence-corrected chi connectivity index (χ4v) is 4.94. The maximum Gasteiger partial charge on any atom is 0.0702 e. The Morgan fingerprint density at radius 3 is 2.48 bits per heavy atom. The van der Waals surface area contributed by atoms with Crippen molar-refractivity contribution < 1.29 is 0 Å². The number of benzene rings is 2. The fourth-order valence-electron chi connectivity index (χ4n) is 4.94. The van der Waals surface area contributed by atoms with E-state index in [-0.39, 0.29) is 0 Å². The second-order valence-electron chi connectivity index (χ2n) is 9.23. The van der Waals surface area contributed by atoms with Crippen LogP contribution in [0.5, 0.6) is 0 Å². The Balaban J connectivity index is 1.24. The normalized spacial score (nSPS) is 16.7. The molecule has 0 amide bonds. The van der Waals surface area contributed by atoms with E-state index in [9.17, 15) is 0 Å². The zero-order valence-corrected chi connectivity index (χ0v) is 19.0. The third-order valence-electron chi connectivity index (χ3n) is 6.96. The Bertz CT molecular complexity index is 1330. The molecule has 1 fully saturated rings. The number of allylic oxidation sites excluding steroid dienone is 1. The Kier molecular flexibility index (Phi) is 5.25. The van der Waals surface area contributed by atoms with Gasteiger partial charge >= 0.3 is 0 Å². The fraction of sp³-hybridized carbons (Fsp3) is 0.241. The van der Waals surface area contributed by atoms with Crippen LogP contribution in [0.4, 0.5) is 0 Å². The number of likely N-dealkylation sites (N-methyl/N-ethyl adjacent to an activating group) is 1. The van der Waals surface area contributed by atoms with Crippen LogP contribution in [0.2, 0.25) is 0 Å². The van der Waals surface area contributed by atoms with Crippen LogP contribution < -0.4 is 0 Å². The van der Waals surface area contributed by atoms with Crippen LogP contribution in [0, 0.1) is 0 Å². The molecule has 0 N–H and O–H groups in total. The van der Waals surface area contributed by atoms with E-state index < -0.39 is 0 Å². The summed E-state index contributed by atoms with van der Waals surface area (Å²) in [5.74, 6) is 0. The highest BCUT2D eigenvalue weighted by Crippen LogP contribution is 2.35. The molecule has 1 aliphatic carbocycles. The summed E-state index contributed by atoms with van der Waals surface area (Å²) in [6.45, 7) is 5.63. The van der Waals surface area contributed by atoms with Gasteiger partial charge in [0.1, 0.15) is 0 Å². The molecule has 1 saturated heterocycles. The summed E-state index contributed by atoms with van der Waals surface area (Å²) in [6, 6.07) is 22.0. The second kappa shape index (κ2) is 8.54. The molecule has 0 radical (unpaired) electrons. The highest BCUT2D eigenvalue weighted by Gasteiger charge is 2.19. The summed E-state index contributed by atoms with van der Waals surface area (Å²) < 4.78 is 0. The van der Waals surface area contributed by atoms with E-state index in [1.807, 2.05) is 18.5 Å². The maximum atomic E-state index is 4.82. The molecule has 2 aromatic heterocycles. The molecule has 1 aliphatic heterocycles. The van der Waals surface area contributed by atoms with Crippen LogP contribution in [0.1, 0.15) is 22.4 Å². The third-order valence-corrected chi connectivity index (χ3v) is 6.96. The zero-order chi connectivity index (χ0) is 22.2. The smallest absolute Gasteiger partial charge is 0.0702 e. The number of aromatic nitrogens is 2. The number of fused-ring (bicyclic) bond motifs is 2. The Labute approximate surface area is 195 Å². The molecule has 2 aliphatic rings. The lowest BCUT2D eigenvalue weighted by atomic mass is 9.96. The molecule has 4 heteroatoms. The van der Waals surface area contributed by atoms with Crippen LogP contribution in [0.3, 0.4) is 0 Å². The monoisotopic (exact) mass is 432 g/mol. The lowest BCUT2D eigenvalue weighted by Crippen LogP contribution is -2.43. The summed E-state index contributed by atoms with van der Waals surface area (Å²) in [6.07, 6.45) is 7.06. The molecule has 0 bridgehead atoms. The number of hydrogen-bond acceptors (Lipinski definition) is 4. The summed E-state index contributed by atoms with van der Waals surface area (Å²) in [7, 11) is 2.20. The third kappa shape index (κ3) is 4.08. The quantitative estimate of drug-likeness (QED) is 0.453. The number of rotatable bonds is 4. The van der Waals surface area contributed by atoms with Crippen molar-refractivity contribution in [2.24, 2.45) is 0 Å². The van der Waals surface area contributed by atoms with Crippen molar-refractivity contribution in [3.8, 4) is 11.1 Å². The van der Waals surface area contributed by atoms with Gasteiger partial charge in [0.05, 0.1) is 11.2 Å². The van der Waals surface area contributed by atoms with Gasteiger partial charge in [0.2, 0.25) is 0 Å². The van der Waals surface area contributed by atoms with Gasteiger partial charge in [-0.1, -0.05) is 42.5 Å². The minimum absolute atomic E-state index is 0.889. The minimum atomic E-state index is 0.889. The highest BCUT2D eigenvalue weighted by molar-refractivity contribution is 5.90. The van der Waals surface area contributed by atoms with Crippen molar-refractivity contribution in [2.45, 2.75) is 13.0 Å². The molecule has 0 saturated carbocycles. The van der Waals surface area contributed by atoms with E-state index in [2.05, 4.69) is 82.5 Å². The standard InChI is InChI=1S/C29H28N4/c1-32-13-15-33(16-14-32)20-21-4-6-22(7-5-21)25-18-27-26(9-11-29(27)31-19-25)23-8-10-28-24(17-23)3-2-12-30-28/h2-10,12,17-19H,11,13-16,20H2,1H3. The molecule has 33 heavy (non-hydrogen) atoms. The van der Waals surface area contributed by atoms with Gasteiger partial charge in [-0.3, -0.25) is 14.9 Å². The molecular formula is C29H28N4. The highest BCUT2D eigenvalue weighted by atomic mass is 15.2. The van der Waals surface area contributed by atoms with Crippen LogP contribution in [0.15, 0.2) is 79.1 Å². The van der Waals surface area contributed by atoms with E-state index in [0.29, 0.717) is 0 Å². The number of nitrogens with zero attached hydrogens (tertiary/aromatic N) is 4. The van der Waals surface area contributed by atoms with Crippen molar-refractivity contribution in [1.29, 1.82) is 0 Å². The minimum Gasteiger partial charge on any atom is -0.304 e. The summed E-state index contributed by atoms with van der Waals surface area (Å²) in [5, 5.41) is 1.17. The maximum absolute atomic E-state index is 4.82. The Morgan fingerprint density at radius 2 is 1.64 bits per heavy atom. The predicted molar refractivity (Wildman–Crippen MR) is 135 cm³/mol. The average Bonchev–Trinajstić information content (AvgIpc) is 3.29. The SMILES string of the molecule is CN1CCN(Cc2ccc(-c3cnc4c(c3)C(c3ccc5ncccc5c3)=CC4)cc2)CC1. The predicted octanol–water partition coefficient (Wildman–Crippen LogP) is 5.03. The molecule has 4 nitrogen and oxygen atoms in total. The molecule has 0 unspecified atom stereocenters. The van der Waals surface area contributed by atoms with E-state index in [1.165, 1.54) is 38.8 Å². The molecular weight excluding hydrogens is 404 g/mol. The number of pyridine rings is 2. The van der Waals surface area contributed by atoms with Crippen molar-refractivity contribution >= 4 is 16.5 Å². The van der Waals surface area contributed by atoms with E-state index in [0.717, 1.165) is 50.4 Å². The van der Waals surface area contributed by atoms with Crippen molar-refractivity contribution in [3.63, 3.8) is 0 Å². The van der Waals surface area contributed by atoms with E-state index in [1.54, 1.807) is 0 Å². The van der Waals surface area contributed by atoms with Crippen molar-refractivity contribution in [3.05, 3.63) is 102 Å². The van der Waals surface area contributed by atoms with Crippen LogP contribution in [-0.2, 0) is 13.0 Å². The van der Waals surface area contributed by atoms with Crippen LogP contribution in [0.25, 0.3) is 27.6 Å². The summed E-state index contributed by atoms with van der Waals surface area (Å²) >= 11 is 0. The van der Waals surface area contributed by atoms with E-state index in [4.69, 9.17) is 4.98 Å². The molecule has 4 aromatic rings. The van der Waals surface area contributed by atoms with Gasteiger partial charge in [0.25, 0.3) is 0 Å². The largest absolute Gasteiger partial charge is 0.304 e. The van der Waals surface area contributed by atoms with Gasteiger partial charge < -0.3 is 4.90 Å². The van der Waals surface area contributed by atoms with Gasteiger partial charge in [0.15, 0.2) is 0 Å². The lowest BCUT2D eigenvalue weighted by molar-refractivity contribution is 0.148. The van der Waals surface area contributed by atoms with Crippen LogP contribution >= 0.6 is 0 Å². The second-order valence-corrected chi connectivity index (χ2v) is 9.23. The van der Waals surface area contributed by atoms with Gasteiger partial charge in [-0.15, -0.1) is 0 Å². The molecule has 2 aromatic carbocycles. The number of piperazine rings is 1. The first kappa shape index (κ1) is 20.3. The zero-order valence-electron chi connectivity index (χ0n) is 19.0. The molecule has 0 atom stereocenters. The van der Waals surface area contributed by atoms with Crippen molar-refractivity contribution in [1.82, 2.24) is 19.8 Å². The molecule has 6 rings (SSSR count).